The maximum atomic E-state index is 9.07. The van der Waals surface area contributed by atoms with Crippen molar-refractivity contribution in [3.05, 3.63) is 28.2 Å². The van der Waals surface area contributed by atoms with E-state index in [4.69, 9.17) is 14.6 Å². The lowest BCUT2D eigenvalue weighted by Gasteiger charge is -2.34. The highest BCUT2D eigenvalue weighted by atomic mass is 79.9. The van der Waals surface area contributed by atoms with E-state index in [-0.39, 0.29) is 6.61 Å². The number of ether oxygens (including phenoxy) is 2. The fourth-order valence-electron chi connectivity index (χ4n) is 1.33. The van der Waals surface area contributed by atoms with Crippen LogP contribution >= 0.6 is 15.9 Å². The Labute approximate surface area is 90.8 Å². The van der Waals surface area contributed by atoms with Crippen LogP contribution in [0.15, 0.2) is 22.7 Å². The first-order valence-corrected chi connectivity index (χ1v) is 5.14. The van der Waals surface area contributed by atoms with Gasteiger partial charge in [-0.3, -0.25) is 0 Å². The van der Waals surface area contributed by atoms with Gasteiger partial charge >= 0.3 is 0 Å². The van der Waals surface area contributed by atoms with Crippen molar-refractivity contribution >= 4 is 15.9 Å². The second kappa shape index (κ2) is 3.53. The first-order chi connectivity index (χ1) is 6.63. The highest BCUT2D eigenvalue weighted by molar-refractivity contribution is 9.10. The molecule has 4 heteroatoms. The molecule has 0 spiro atoms. The summed E-state index contributed by atoms with van der Waals surface area (Å²) < 4.78 is 11.9. The monoisotopic (exact) mass is 258 g/mol. The zero-order valence-corrected chi connectivity index (χ0v) is 9.37. The third-order valence-electron chi connectivity index (χ3n) is 2.17. The molecule has 1 unspecified atom stereocenters. The van der Waals surface area contributed by atoms with Crippen LogP contribution in [0.4, 0.5) is 0 Å². The molecule has 0 aromatic heterocycles. The third kappa shape index (κ3) is 1.78. The molecule has 1 aromatic rings. The van der Waals surface area contributed by atoms with E-state index in [2.05, 4.69) is 15.9 Å². The molecule has 1 aliphatic heterocycles. The number of benzene rings is 1. The minimum absolute atomic E-state index is 0.150. The molecule has 0 fully saturated rings. The van der Waals surface area contributed by atoms with Crippen LogP contribution in [0.25, 0.3) is 0 Å². The molecule has 0 saturated carbocycles. The summed E-state index contributed by atoms with van der Waals surface area (Å²) in [6, 6.07) is 5.73. The Hall–Kier alpha value is -0.580. The Morgan fingerprint density at radius 3 is 3.07 bits per heavy atom. The molecule has 14 heavy (non-hydrogen) atoms. The molecule has 1 heterocycles. The number of fused-ring (bicyclic) bond motifs is 1. The zero-order valence-electron chi connectivity index (χ0n) is 7.79. The maximum Gasteiger partial charge on any atom is 0.231 e. The van der Waals surface area contributed by atoms with Gasteiger partial charge in [0.15, 0.2) is 0 Å². The molecule has 0 amide bonds. The van der Waals surface area contributed by atoms with Gasteiger partial charge in [-0.1, -0.05) is 15.9 Å². The average molecular weight is 259 g/mol. The number of halogens is 1. The molecule has 0 radical (unpaired) electrons. The van der Waals surface area contributed by atoms with E-state index in [1.165, 1.54) is 0 Å². The van der Waals surface area contributed by atoms with Crippen molar-refractivity contribution in [2.45, 2.75) is 19.3 Å². The predicted octanol–water partition coefficient (Wildman–Crippen LogP) is 2.07. The van der Waals surface area contributed by atoms with Crippen molar-refractivity contribution in [1.29, 1.82) is 0 Å². The lowest BCUT2D eigenvalue weighted by molar-refractivity contribution is -0.213. The number of aliphatic hydroxyl groups is 1. The summed E-state index contributed by atoms with van der Waals surface area (Å²) in [4.78, 5) is 0. The minimum Gasteiger partial charge on any atom is -0.460 e. The van der Waals surface area contributed by atoms with Gasteiger partial charge in [0.2, 0.25) is 5.79 Å². The summed E-state index contributed by atoms with van der Waals surface area (Å²) >= 11 is 3.38. The Morgan fingerprint density at radius 2 is 2.36 bits per heavy atom. The van der Waals surface area contributed by atoms with Crippen LogP contribution in [0.1, 0.15) is 12.5 Å². The number of aliphatic hydroxyl groups excluding tert-OH is 1. The minimum atomic E-state index is -0.902. The molecule has 3 nitrogen and oxygen atoms in total. The zero-order chi connectivity index (χ0) is 10.2. The molecule has 0 saturated heterocycles. The normalized spacial score (nSPS) is 25.4. The Balaban J connectivity index is 2.31. The smallest absolute Gasteiger partial charge is 0.231 e. The second-order valence-corrected chi connectivity index (χ2v) is 4.35. The third-order valence-corrected chi connectivity index (χ3v) is 2.66. The molecule has 0 aliphatic carbocycles. The summed E-state index contributed by atoms with van der Waals surface area (Å²) in [6.45, 7) is 2.03. The summed E-state index contributed by atoms with van der Waals surface area (Å²) in [7, 11) is 0. The SMILES string of the molecule is CC1(CO)OCc2cc(Br)ccc2O1. The van der Waals surface area contributed by atoms with Crippen LogP contribution < -0.4 is 4.74 Å². The topological polar surface area (TPSA) is 38.7 Å². The summed E-state index contributed by atoms with van der Waals surface area (Å²) in [5, 5.41) is 9.07. The van der Waals surface area contributed by atoms with Crippen LogP contribution in [0.2, 0.25) is 0 Å². The van der Waals surface area contributed by atoms with E-state index in [0.717, 1.165) is 15.8 Å². The van der Waals surface area contributed by atoms with E-state index in [9.17, 15) is 0 Å². The van der Waals surface area contributed by atoms with Crippen molar-refractivity contribution in [1.82, 2.24) is 0 Å². The van der Waals surface area contributed by atoms with Gasteiger partial charge in [0.25, 0.3) is 0 Å². The predicted molar refractivity (Wildman–Crippen MR) is 55.0 cm³/mol. The highest BCUT2D eigenvalue weighted by Crippen LogP contribution is 2.32. The van der Waals surface area contributed by atoms with E-state index >= 15 is 0 Å². The van der Waals surface area contributed by atoms with Crippen LogP contribution in [0.5, 0.6) is 5.75 Å². The van der Waals surface area contributed by atoms with Crippen molar-refractivity contribution in [3.63, 3.8) is 0 Å². The standard InChI is InChI=1S/C10H11BrO3/c1-10(6-12)13-5-7-4-8(11)2-3-9(7)14-10/h2-4,12H,5-6H2,1H3. The van der Waals surface area contributed by atoms with E-state index in [1.54, 1.807) is 6.92 Å². The van der Waals surface area contributed by atoms with Crippen molar-refractivity contribution < 1.29 is 14.6 Å². The Bertz CT molecular complexity index is 353. The summed E-state index contributed by atoms with van der Waals surface area (Å²) in [5.74, 6) is -0.128. The van der Waals surface area contributed by atoms with Gasteiger partial charge in [-0.15, -0.1) is 0 Å². The van der Waals surface area contributed by atoms with Gasteiger partial charge in [-0.05, 0) is 18.2 Å². The van der Waals surface area contributed by atoms with Crippen molar-refractivity contribution in [2.75, 3.05) is 6.61 Å². The van der Waals surface area contributed by atoms with Gasteiger partial charge in [-0.2, -0.15) is 0 Å². The van der Waals surface area contributed by atoms with Gasteiger partial charge in [0.05, 0.1) is 6.61 Å². The van der Waals surface area contributed by atoms with E-state index in [1.807, 2.05) is 18.2 Å². The van der Waals surface area contributed by atoms with Crippen LogP contribution in [0, 0.1) is 0 Å². The Kier molecular flexibility index (Phi) is 2.51. The van der Waals surface area contributed by atoms with Crippen molar-refractivity contribution in [2.24, 2.45) is 0 Å². The second-order valence-electron chi connectivity index (χ2n) is 3.43. The molecule has 2 rings (SSSR count). The van der Waals surface area contributed by atoms with Crippen molar-refractivity contribution in [3.8, 4) is 5.75 Å². The first-order valence-electron chi connectivity index (χ1n) is 4.35. The average Bonchev–Trinajstić information content (AvgIpc) is 2.19. The van der Waals surface area contributed by atoms with Gasteiger partial charge < -0.3 is 14.6 Å². The van der Waals surface area contributed by atoms with Gasteiger partial charge in [-0.25, -0.2) is 0 Å². The largest absolute Gasteiger partial charge is 0.460 e. The quantitative estimate of drug-likeness (QED) is 0.839. The molecular formula is C10H11BrO3. The Morgan fingerprint density at radius 1 is 1.57 bits per heavy atom. The summed E-state index contributed by atoms with van der Waals surface area (Å²) in [6.07, 6.45) is 0. The highest BCUT2D eigenvalue weighted by Gasteiger charge is 2.31. The molecule has 76 valence electrons. The van der Waals surface area contributed by atoms with Gasteiger partial charge in [0.1, 0.15) is 12.4 Å². The first kappa shape index (κ1) is 9.96. The van der Waals surface area contributed by atoms with E-state index in [0.29, 0.717) is 6.61 Å². The fraction of sp³-hybridized carbons (Fsp3) is 0.400. The van der Waals surface area contributed by atoms with Crippen LogP contribution in [-0.4, -0.2) is 17.5 Å². The molecule has 1 atom stereocenters. The summed E-state index contributed by atoms with van der Waals surface area (Å²) in [5.41, 5.74) is 0.991. The lowest BCUT2D eigenvalue weighted by Crippen LogP contribution is -2.42. The number of rotatable bonds is 1. The van der Waals surface area contributed by atoms with Crippen LogP contribution in [-0.2, 0) is 11.3 Å². The molecule has 1 aliphatic rings. The number of hydrogen-bond donors (Lipinski definition) is 1. The maximum absolute atomic E-state index is 9.07. The molecule has 0 bridgehead atoms. The molecule has 1 N–H and O–H groups in total. The molecular weight excluding hydrogens is 248 g/mol. The van der Waals surface area contributed by atoms with Gasteiger partial charge in [0, 0.05) is 17.0 Å². The number of hydrogen-bond acceptors (Lipinski definition) is 3. The van der Waals surface area contributed by atoms with Crippen LogP contribution in [0.3, 0.4) is 0 Å². The fourth-order valence-corrected chi connectivity index (χ4v) is 1.74. The molecule has 1 aromatic carbocycles. The van der Waals surface area contributed by atoms with E-state index < -0.39 is 5.79 Å². The lowest BCUT2D eigenvalue weighted by atomic mass is 10.2.